The number of rotatable bonds is 19. The molecule has 2 aliphatic heterocycles. The lowest BCUT2D eigenvalue weighted by atomic mass is 10.0. The van der Waals surface area contributed by atoms with Gasteiger partial charge < -0.3 is 0 Å². The molecule has 0 N–H and O–H groups in total. The summed E-state index contributed by atoms with van der Waals surface area (Å²) in [4.78, 5) is 0. The highest BCUT2D eigenvalue weighted by atomic mass is 32.2. The molecule has 2 rings (SSSR count). The van der Waals surface area contributed by atoms with E-state index in [2.05, 4.69) is 0 Å². The summed E-state index contributed by atoms with van der Waals surface area (Å²) in [7, 11) is -4.83. The summed E-state index contributed by atoms with van der Waals surface area (Å²) in [5.41, 5.74) is -1.48. The van der Waals surface area contributed by atoms with E-state index in [0.29, 0.717) is 90.8 Å². The highest BCUT2D eigenvalue weighted by Crippen LogP contribution is 2.38. The molecule has 2 saturated heterocycles. The monoisotopic (exact) mass is 1130 g/mol. The van der Waals surface area contributed by atoms with Crippen molar-refractivity contribution in [3.05, 3.63) is 0 Å². The van der Waals surface area contributed by atoms with Gasteiger partial charge in [0, 0.05) is 73.4 Å². The van der Waals surface area contributed by atoms with Crippen LogP contribution < -0.4 is 0 Å². The summed E-state index contributed by atoms with van der Waals surface area (Å²) in [5.74, 6) is -8.90. The predicted molar refractivity (Wildman–Crippen MR) is 262 cm³/mol. The maximum atomic E-state index is 14.0. The molecule has 0 aromatic rings. The van der Waals surface area contributed by atoms with Gasteiger partial charge in [0.05, 0.1) is 32.5 Å². The molecule has 0 bridgehead atoms. The molecule has 0 spiro atoms. The van der Waals surface area contributed by atoms with Crippen LogP contribution in [-0.4, -0.2) is 224 Å². The minimum absolute atomic E-state index is 0. The second-order valence-electron chi connectivity index (χ2n) is 14.6. The molecule has 2 aliphatic rings. The fraction of sp³-hybridized carbons (Fsp3) is 1.00. The van der Waals surface area contributed by atoms with Crippen molar-refractivity contribution >= 4 is 74.4 Å². The molecule has 2 fully saturated rings. The van der Waals surface area contributed by atoms with Crippen LogP contribution in [0, 0.1) is 0 Å². The van der Waals surface area contributed by atoms with E-state index in [0.717, 1.165) is 57.1 Å². The molecule has 0 amide bonds. The Kier molecular flexibility index (Phi) is 45.5. The van der Waals surface area contributed by atoms with Gasteiger partial charge >= 0.3 is 0 Å². The molecule has 6 unspecified atom stereocenters. The molecule has 402 valence electrons. The molecule has 0 aliphatic carbocycles. The first-order chi connectivity index (χ1) is 29.1. The third-order valence-electron chi connectivity index (χ3n) is 8.86. The molecule has 0 saturated carbocycles. The molecular weight excluding hydrogens is 1050 g/mol. The number of nitrogens with zero attached hydrogens (tertiary/aromatic N) is 4. The van der Waals surface area contributed by atoms with Gasteiger partial charge in [0.2, 0.25) is 47.0 Å². The van der Waals surface area contributed by atoms with Gasteiger partial charge in [-0.2, -0.15) is 0 Å². The number of alkyl halides is 10. The predicted octanol–water partition coefficient (Wildman–Crippen LogP) is 7.62. The second kappa shape index (κ2) is 38.4. The maximum Gasteiger partial charge on any atom is 0.260 e. The number of halogens is 10. The average molecular weight is 1130 g/mol. The quantitative estimate of drug-likeness (QED) is 0.0729. The van der Waals surface area contributed by atoms with Crippen molar-refractivity contribution in [3.8, 4) is 0 Å². The standard InChI is InChI=1S/2C8H18F2NO2PS.C8H17FNO2PS.C7H15FNO2PS.CH2F2.2CH3F.CH4/c2*1-8(9,10)7-15(12,13)11(2)5-4-6-14-3;1-10-5-3-8(9,4-6-13-2)7-14(10,11)12;1-9-4-3-7(5-8,12-2)6-13(9,10)11;2-1-3;2*1-2;/h2*14H,4-7H2,1-3H3;13H,3-7H2,1-2H3;12H,3-6H2,1-2H3;1H2;2*1H3;1H4. The summed E-state index contributed by atoms with van der Waals surface area (Å²) in [5, 5.41) is -0.592. The molecule has 2 heterocycles. The van der Waals surface area contributed by atoms with Gasteiger partial charge in [-0.1, -0.05) is 7.43 Å². The van der Waals surface area contributed by atoms with Crippen molar-refractivity contribution in [2.45, 2.75) is 76.0 Å². The van der Waals surface area contributed by atoms with E-state index >= 15 is 0 Å². The van der Waals surface area contributed by atoms with Crippen molar-refractivity contribution in [1.82, 2.24) is 17.2 Å². The van der Waals surface area contributed by atoms with Crippen LogP contribution in [0.5, 0.6) is 0 Å². The van der Waals surface area contributed by atoms with Crippen LogP contribution in [0.15, 0.2) is 0 Å². The molecular formula is C35H80F10N4O8P4S4. The van der Waals surface area contributed by atoms with E-state index in [4.69, 9.17) is 0 Å². The van der Waals surface area contributed by atoms with Crippen LogP contribution in [0.4, 0.5) is 43.9 Å². The van der Waals surface area contributed by atoms with Crippen molar-refractivity contribution in [2.75, 3.05) is 150 Å². The van der Waals surface area contributed by atoms with Crippen LogP contribution in [-0.2, 0) is 40.1 Å². The number of hydrogen-bond donors (Lipinski definition) is 0. The second-order valence-corrected chi connectivity index (χ2v) is 28.1. The highest BCUT2D eigenvalue weighted by Gasteiger charge is 2.42. The first-order valence-electron chi connectivity index (χ1n) is 19.4. The SMILES string of the molecule is C.CF.CF.CPC1(CF)CCN(C)S(=O)(=O)C1.CPCCC1(F)CCN(C)S(=O)(=O)C1.CPCCCN(C)S(=O)(=O)CC(C)(F)F.CPCCCN(C)S(=O)(=O)CC(C)(F)F.FCF. The van der Waals surface area contributed by atoms with Crippen molar-refractivity contribution in [2.24, 2.45) is 0 Å². The lowest BCUT2D eigenvalue weighted by Gasteiger charge is -2.37. The number of sulfonamides is 4. The Morgan fingerprint density at radius 2 is 0.969 bits per heavy atom. The lowest BCUT2D eigenvalue weighted by Crippen LogP contribution is -2.48. The Morgan fingerprint density at radius 3 is 1.23 bits per heavy atom. The average Bonchev–Trinajstić information content (AvgIpc) is 3.17. The normalized spacial score (nSPS) is 21.5. The summed E-state index contributed by atoms with van der Waals surface area (Å²) in [6, 6.07) is 0. The molecule has 0 radical (unpaired) electrons. The zero-order valence-corrected chi connectivity index (χ0v) is 46.5. The fourth-order valence-corrected chi connectivity index (χ4v) is 14.0. The van der Waals surface area contributed by atoms with E-state index in [1.165, 1.54) is 29.8 Å². The van der Waals surface area contributed by atoms with Crippen LogP contribution in [0.1, 0.15) is 53.4 Å². The molecule has 0 aromatic carbocycles. The third kappa shape index (κ3) is 38.1. The minimum atomic E-state index is -3.81. The van der Waals surface area contributed by atoms with Crippen LogP contribution >= 0.6 is 34.3 Å². The smallest absolute Gasteiger partial charge is 0.255 e. The summed E-state index contributed by atoms with van der Waals surface area (Å²) in [6.45, 7) is 8.29. The third-order valence-corrected chi connectivity index (χ3v) is 21.3. The zero-order chi connectivity index (χ0) is 51.9. The van der Waals surface area contributed by atoms with Gasteiger partial charge in [-0.25, -0.2) is 81.6 Å². The van der Waals surface area contributed by atoms with E-state index in [1.807, 2.05) is 26.7 Å². The Balaban J connectivity index is -0.000000169. The zero-order valence-electron chi connectivity index (χ0n) is 39.2. The first kappa shape index (κ1) is 77.1. The fourth-order valence-electron chi connectivity index (χ4n) is 5.06. The van der Waals surface area contributed by atoms with E-state index in [9.17, 15) is 77.6 Å². The highest BCUT2D eigenvalue weighted by molar-refractivity contribution is 7.90. The summed E-state index contributed by atoms with van der Waals surface area (Å²) >= 11 is 0. The van der Waals surface area contributed by atoms with Gasteiger partial charge in [0.15, 0.2) is 0 Å². The summed E-state index contributed by atoms with van der Waals surface area (Å²) < 4.78 is 211. The van der Waals surface area contributed by atoms with Crippen molar-refractivity contribution in [3.63, 3.8) is 0 Å². The Labute approximate surface area is 394 Å². The Morgan fingerprint density at radius 1 is 0.646 bits per heavy atom. The van der Waals surface area contributed by atoms with E-state index in [-0.39, 0.29) is 18.9 Å². The molecule has 30 heteroatoms. The number of hydrogen-bond acceptors (Lipinski definition) is 8. The molecule has 6 atom stereocenters. The maximum absolute atomic E-state index is 14.0. The Bertz CT molecular complexity index is 1560. The van der Waals surface area contributed by atoms with Gasteiger partial charge in [0.25, 0.3) is 11.8 Å². The minimum Gasteiger partial charge on any atom is -0.255 e. The van der Waals surface area contributed by atoms with Crippen LogP contribution in [0.3, 0.4) is 0 Å². The van der Waals surface area contributed by atoms with Gasteiger partial charge in [0.1, 0.15) is 17.2 Å². The summed E-state index contributed by atoms with van der Waals surface area (Å²) in [6.07, 6.45) is 5.47. The Hall–Kier alpha value is 0.660. The van der Waals surface area contributed by atoms with Crippen molar-refractivity contribution in [1.29, 1.82) is 0 Å². The van der Waals surface area contributed by atoms with E-state index < -0.39 is 87.9 Å². The van der Waals surface area contributed by atoms with Gasteiger partial charge in [-0.3, -0.25) is 13.2 Å². The molecule has 12 nitrogen and oxygen atoms in total. The topological polar surface area (TPSA) is 150 Å². The van der Waals surface area contributed by atoms with Crippen LogP contribution in [0.2, 0.25) is 0 Å². The first-order valence-corrected chi connectivity index (χ1v) is 32.5. The van der Waals surface area contributed by atoms with Crippen molar-refractivity contribution < 1.29 is 77.6 Å². The molecule has 0 aromatic heterocycles. The van der Waals surface area contributed by atoms with Crippen LogP contribution in [0.25, 0.3) is 0 Å². The molecule has 65 heavy (non-hydrogen) atoms. The van der Waals surface area contributed by atoms with E-state index in [1.54, 1.807) is 7.05 Å². The largest absolute Gasteiger partial charge is 0.260 e. The van der Waals surface area contributed by atoms with Gasteiger partial charge in [-0.05, 0) is 77.2 Å². The van der Waals surface area contributed by atoms with Gasteiger partial charge in [-0.15, -0.1) is 34.3 Å². The lowest BCUT2D eigenvalue weighted by molar-refractivity contribution is 0.0453.